The normalized spacial score (nSPS) is 11.6. The lowest BCUT2D eigenvalue weighted by atomic mass is 10.3. The number of nitrogens with one attached hydrogen (secondary N) is 1. The average molecular weight is 310 g/mol. The Morgan fingerprint density at radius 1 is 1.30 bits per heavy atom. The number of thiophene rings is 1. The topological polar surface area (TPSA) is 96.4 Å². The van der Waals surface area contributed by atoms with Crippen LogP contribution in [0.5, 0.6) is 0 Å². The van der Waals surface area contributed by atoms with Gasteiger partial charge in [0, 0.05) is 6.08 Å². The summed E-state index contributed by atoms with van der Waals surface area (Å²) in [6.07, 6.45) is 2.21. The van der Waals surface area contributed by atoms with Crippen molar-refractivity contribution in [3.05, 3.63) is 47.5 Å². The second-order valence-electron chi connectivity index (χ2n) is 3.66. The number of aromatic nitrogens is 1. The molecule has 2 heterocycles. The molecule has 6 nitrogen and oxygen atoms in total. The van der Waals surface area contributed by atoms with E-state index < -0.39 is 16.0 Å². The highest BCUT2D eigenvalue weighted by atomic mass is 32.2. The van der Waals surface area contributed by atoms with Crippen molar-refractivity contribution in [2.45, 2.75) is 4.21 Å². The fraction of sp³-hybridized carbons (Fsp3) is 0. The maximum absolute atomic E-state index is 12.0. The van der Waals surface area contributed by atoms with E-state index in [0.717, 1.165) is 17.4 Å². The lowest BCUT2D eigenvalue weighted by Crippen LogP contribution is -2.12. The first-order valence-electron chi connectivity index (χ1n) is 5.42. The lowest BCUT2D eigenvalue weighted by molar-refractivity contribution is -0.131. The summed E-state index contributed by atoms with van der Waals surface area (Å²) >= 11 is 1.10. The number of carboxylic acid groups (broad SMARTS) is 1. The summed E-state index contributed by atoms with van der Waals surface area (Å²) in [5.41, 5.74) is 0.346. The zero-order valence-corrected chi connectivity index (χ0v) is 11.7. The van der Waals surface area contributed by atoms with Gasteiger partial charge in [-0.05, 0) is 29.7 Å². The Kier molecular flexibility index (Phi) is 4.16. The second kappa shape index (κ2) is 5.85. The first-order chi connectivity index (χ1) is 9.47. The van der Waals surface area contributed by atoms with Crippen LogP contribution in [0.2, 0.25) is 0 Å². The smallest absolute Gasteiger partial charge is 0.328 e. The predicted molar refractivity (Wildman–Crippen MR) is 76.0 cm³/mol. The molecule has 0 spiro atoms. The van der Waals surface area contributed by atoms with Gasteiger partial charge in [0.25, 0.3) is 10.0 Å². The molecular weight excluding hydrogens is 300 g/mol. The molecular formula is C12H10N2O4S2. The van der Waals surface area contributed by atoms with Gasteiger partial charge in [0.2, 0.25) is 0 Å². The molecule has 0 saturated carbocycles. The third-order valence-corrected chi connectivity index (χ3v) is 4.92. The molecule has 2 N–H and O–H groups in total. The molecule has 20 heavy (non-hydrogen) atoms. The Bertz CT molecular complexity index is 737. The third kappa shape index (κ3) is 3.65. The van der Waals surface area contributed by atoms with Crippen LogP contribution in [-0.4, -0.2) is 24.5 Å². The number of carboxylic acids is 1. The van der Waals surface area contributed by atoms with Crippen LogP contribution in [0.1, 0.15) is 5.69 Å². The van der Waals surface area contributed by atoms with Gasteiger partial charge in [-0.1, -0.05) is 12.1 Å². The van der Waals surface area contributed by atoms with Crippen molar-refractivity contribution >= 4 is 39.2 Å². The minimum absolute atomic E-state index is 0.130. The second-order valence-corrected chi connectivity index (χ2v) is 6.51. The average Bonchev–Trinajstić information content (AvgIpc) is 2.91. The fourth-order valence-corrected chi connectivity index (χ4v) is 3.36. The predicted octanol–water partition coefficient (Wildman–Crippen LogP) is 2.04. The van der Waals surface area contributed by atoms with Gasteiger partial charge in [-0.25, -0.2) is 18.2 Å². The minimum Gasteiger partial charge on any atom is -0.478 e. The number of rotatable bonds is 5. The van der Waals surface area contributed by atoms with E-state index in [-0.39, 0.29) is 10.0 Å². The lowest BCUT2D eigenvalue weighted by Gasteiger charge is -2.05. The summed E-state index contributed by atoms with van der Waals surface area (Å²) in [6.45, 7) is 0. The number of hydrogen-bond donors (Lipinski definition) is 2. The van der Waals surface area contributed by atoms with Crippen molar-refractivity contribution in [3.63, 3.8) is 0 Å². The Morgan fingerprint density at radius 2 is 2.10 bits per heavy atom. The van der Waals surface area contributed by atoms with E-state index in [1.165, 1.54) is 18.2 Å². The number of aliphatic carboxylic acids is 1. The highest BCUT2D eigenvalue weighted by Gasteiger charge is 2.15. The minimum atomic E-state index is -3.65. The molecule has 0 unspecified atom stereocenters. The molecule has 0 amide bonds. The fourth-order valence-electron chi connectivity index (χ4n) is 1.36. The van der Waals surface area contributed by atoms with Crippen molar-refractivity contribution < 1.29 is 18.3 Å². The van der Waals surface area contributed by atoms with Gasteiger partial charge in [-0.3, -0.25) is 4.72 Å². The Balaban J connectivity index is 2.22. The van der Waals surface area contributed by atoms with Crippen LogP contribution in [0.15, 0.2) is 46.0 Å². The number of sulfonamides is 1. The monoisotopic (exact) mass is 310 g/mol. The van der Waals surface area contributed by atoms with Gasteiger partial charge >= 0.3 is 5.97 Å². The molecule has 0 saturated heterocycles. The zero-order chi connectivity index (χ0) is 14.6. The molecule has 0 radical (unpaired) electrons. The van der Waals surface area contributed by atoms with Crippen LogP contribution in [0.3, 0.4) is 0 Å². The molecule has 0 aliphatic carbocycles. The van der Waals surface area contributed by atoms with Crippen LogP contribution in [0, 0.1) is 0 Å². The SMILES string of the molecule is O=C(O)C=Cc1cccc(NS(=O)(=O)c2cccs2)n1. The highest BCUT2D eigenvalue weighted by molar-refractivity contribution is 7.94. The molecule has 0 fully saturated rings. The van der Waals surface area contributed by atoms with Gasteiger partial charge in [-0.15, -0.1) is 11.3 Å². The van der Waals surface area contributed by atoms with E-state index in [9.17, 15) is 13.2 Å². The van der Waals surface area contributed by atoms with Crippen LogP contribution >= 0.6 is 11.3 Å². The van der Waals surface area contributed by atoms with E-state index >= 15 is 0 Å². The summed E-state index contributed by atoms with van der Waals surface area (Å²) in [4.78, 5) is 14.4. The number of nitrogens with zero attached hydrogens (tertiary/aromatic N) is 1. The van der Waals surface area contributed by atoms with Crippen LogP contribution in [-0.2, 0) is 14.8 Å². The van der Waals surface area contributed by atoms with Crippen LogP contribution in [0.25, 0.3) is 6.08 Å². The van der Waals surface area contributed by atoms with Gasteiger partial charge in [0.1, 0.15) is 10.0 Å². The maximum atomic E-state index is 12.0. The van der Waals surface area contributed by atoms with Crippen molar-refractivity contribution in [2.24, 2.45) is 0 Å². The number of carbonyl (C=O) groups is 1. The maximum Gasteiger partial charge on any atom is 0.328 e. The Morgan fingerprint density at radius 3 is 2.75 bits per heavy atom. The first kappa shape index (κ1) is 14.2. The quantitative estimate of drug-likeness (QED) is 0.824. The number of pyridine rings is 1. The molecule has 2 aromatic rings. The largest absolute Gasteiger partial charge is 0.478 e. The van der Waals surface area contributed by atoms with E-state index in [1.807, 2.05) is 0 Å². The van der Waals surface area contributed by atoms with E-state index in [4.69, 9.17) is 5.11 Å². The summed E-state index contributed by atoms with van der Waals surface area (Å²) in [5, 5.41) is 10.2. The summed E-state index contributed by atoms with van der Waals surface area (Å²) in [5.74, 6) is -0.970. The van der Waals surface area contributed by atoms with Gasteiger partial charge in [0.05, 0.1) is 5.69 Å². The molecule has 2 aromatic heterocycles. The van der Waals surface area contributed by atoms with Crippen LogP contribution in [0.4, 0.5) is 5.82 Å². The molecule has 0 bridgehead atoms. The summed E-state index contributed by atoms with van der Waals surface area (Å²) < 4.78 is 26.5. The molecule has 0 aliphatic heterocycles. The van der Waals surface area contributed by atoms with Crippen molar-refractivity contribution in [2.75, 3.05) is 4.72 Å². The van der Waals surface area contributed by atoms with Gasteiger partial charge in [0.15, 0.2) is 0 Å². The highest BCUT2D eigenvalue weighted by Crippen LogP contribution is 2.19. The molecule has 8 heteroatoms. The standard InChI is InChI=1S/C12H10N2O4S2/c15-11(16)7-6-9-3-1-4-10(13-9)14-20(17,18)12-5-2-8-19-12/h1-8H,(H,13,14)(H,15,16). The Hall–Kier alpha value is -2.19. The molecule has 0 atom stereocenters. The van der Waals surface area contributed by atoms with E-state index in [2.05, 4.69) is 9.71 Å². The number of hydrogen-bond acceptors (Lipinski definition) is 5. The summed E-state index contributed by atoms with van der Waals surface area (Å²) in [6, 6.07) is 7.77. The van der Waals surface area contributed by atoms with Crippen molar-refractivity contribution in [1.82, 2.24) is 4.98 Å². The van der Waals surface area contributed by atoms with E-state index in [0.29, 0.717) is 5.69 Å². The van der Waals surface area contributed by atoms with Crippen molar-refractivity contribution in [3.8, 4) is 0 Å². The molecule has 104 valence electrons. The molecule has 0 aromatic carbocycles. The third-order valence-electron chi connectivity index (χ3n) is 2.17. The zero-order valence-electron chi connectivity index (χ0n) is 10.1. The number of anilines is 1. The van der Waals surface area contributed by atoms with Crippen LogP contribution < -0.4 is 4.72 Å². The Labute approximate surface area is 119 Å². The molecule has 2 rings (SSSR count). The summed E-state index contributed by atoms with van der Waals surface area (Å²) in [7, 11) is -3.65. The van der Waals surface area contributed by atoms with Gasteiger partial charge in [-0.2, -0.15) is 0 Å². The van der Waals surface area contributed by atoms with Crippen molar-refractivity contribution in [1.29, 1.82) is 0 Å². The first-order valence-corrected chi connectivity index (χ1v) is 7.78. The molecule has 0 aliphatic rings. The van der Waals surface area contributed by atoms with E-state index in [1.54, 1.807) is 23.6 Å². The van der Waals surface area contributed by atoms with Gasteiger partial charge < -0.3 is 5.11 Å².